The van der Waals surface area contributed by atoms with Gasteiger partial charge in [-0.1, -0.05) is 0 Å². The lowest BCUT2D eigenvalue weighted by Gasteiger charge is -2.32. The first kappa shape index (κ1) is 22.4. The highest BCUT2D eigenvalue weighted by atomic mass is 19.4. The van der Waals surface area contributed by atoms with E-state index >= 15 is 0 Å². The minimum Gasteiger partial charge on any atom is -0.381 e. The van der Waals surface area contributed by atoms with Crippen LogP contribution in [-0.2, 0) is 15.7 Å². The molecule has 0 saturated carbocycles. The maximum absolute atomic E-state index is 13.8. The van der Waals surface area contributed by atoms with Crippen molar-refractivity contribution >= 4 is 17.3 Å². The molecule has 4 saturated heterocycles. The lowest BCUT2D eigenvalue weighted by molar-refractivity contribution is -0.137. The second kappa shape index (κ2) is 9.36. The minimum atomic E-state index is -4.49. The van der Waals surface area contributed by atoms with Gasteiger partial charge in [-0.2, -0.15) is 13.2 Å². The van der Waals surface area contributed by atoms with Crippen LogP contribution in [0, 0.1) is 5.41 Å². The Morgan fingerprint density at radius 3 is 2.19 bits per heavy atom. The van der Waals surface area contributed by atoms with Gasteiger partial charge in [0.2, 0.25) is 5.91 Å². The SMILES string of the molecule is C1CCNC1.O=C1N(c2ccc(N3CCCC3)cc2C(F)(F)F)CCC12CCOCC2. The molecular formula is C23H32F3N3O2. The Morgan fingerprint density at radius 2 is 1.61 bits per heavy atom. The van der Waals surface area contributed by atoms with Gasteiger partial charge in [-0.15, -0.1) is 0 Å². The molecule has 1 N–H and O–H groups in total. The van der Waals surface area contributed by atoms with Crippen LogP contribution < -0.4 is 15.1 Å². The van der Waals surface area contributed by atoms with Crippen molar-refractivity contribution in [2.24, 2.45) is 5.41 Å². The minimum absolute atomic E-state index is 0.00573. The Kier molecular flexibility index (Phi) is 6.77. The summed E-state index contributed by atoms with van der Waals surface area (Å²) in [5.41, 5.74) is -0.673. The van der Waals surface area contributed by atoms with E-state index in [9.17, 15) is 18.0 Å². The van der Waals surface area contributed by atoms with E-state index in [4.69, 9.17) is 4.74 Å². The molecule has 4 heterocycles. The number of rotatable bonds is 2. The van der Waals surface area contributed by atoms with Crippen molar-refractivity contribution in [3.8, 4) is 0 Å². The lowest BCUT2D eigenvalue weighted by Crippen LogP contribution is -2.39. The Morgan fingerprint density at radius 1 is 0.935 bits per heavy atom. The first-order valence-electron chi connectivity index (χ1n) is 11.5. The Bertz CT molecular complexity index is 760. The molecule has 1 aromatic rings. The number of alkyl halides is 3. The predicted molar refractivity (Wildman–Crippen MR) is 114 cm³/mol. The number of halogens is 3. The summed E-state index contributed by atoms with van der Waals surface area (Å²) in [6.07, 6.45) is 2.07. The van der Waals surface area contributed by atoms with E-state index < -0.39 is 17.2 Å². The van der Waals surface area contributed by atoms with Crippen molar-refractivity contribution in [3.05, 3.63) is 23.8 Å². The van der Waals surface area contributed by atoms with Crippen LogP contribution in [0.1, 0.15) is 50.5 Å². The van der Waals surface area contributed by atoms with Crippen molar-refractivity contribution < 1.29 is 22.7 Å². The van der Waals surface area contributed by atoms with E-state index in [1.807, 2.05) is 4.90 Å². The molecule has 0 aromatic heterocycles. The number of carbonyl (C=O) groups is 1. The lowest BCUT2D eigenvalue weighted by atomic mass is 9.79. The summed E-state index contributed by atoms with van der Waals surface area (Å²) in [6, 6.07) is 4.41. The van der Waals surface area contributed by atoms with Gasteiger partial charge in [-0.05, 0) is 76.2 Å². The second-order valence-corrected chi connectivity index (χ2v) is 8.95. The molecule has 8 heteroatoms. The summed E-state index contributed by atoms with van der Waals surface area (Å²) in [5, 5.41) is 3.22. The van der Waals surface area contributed by atoms with E-state index in [0.29, 0.717) is 44.7 Å². The third-order valence-electron chi connectivity index (χ3n) is 6.97. The van der Waals surface area contributed by atoms with E-state index in [-0.39, 0.29) is 11.6 Å². The number of benzene rings is 1. The fraction of sp³-hybridized carbons (Fsp3) is 0.696. The van der Waals surface area contributed by atoms with Crippen molar-refractivity contribution in [2.75, 3.05) is 55.7 Å². The van der Waals surface area contributed by atoms with E-state index in [2.05, 4.69) is 5.32 Å². The molecule has 31 heavy (non-hydrogen) atoms. The van der Waals surface area contributed by atoms with Crippen LogP contribution in [0.3, 0.4) is 0 Å². The van der Waals surface area contributed by atoms with Crippen molar-refractivity contribution in [2.45, 2.75) is 51.1 Å². The van der Waals surface area contributed by atoms with Gasteiger partial charge in [0.25, 0.3) is 0 Å². The van der Waals surface area contributed by atoms with Gasteiger partial charge in [0, 0.05) is 38.5 Å². The number of hydrogen-bond donors (Lipinski definition) is 1. The van der Waals surface area contributed by atoms with E-state index in [1.165, 1.54) is 43.0 Å². The molecule has 0 unspecified atom stereocenters. The molecule has 4 aliphatic rings. The molecule has 1 aromatic carbocycles. The topological polar surface area (TPSA) is 44.8 Å². The van der Waals surface area contributed by atoms with Crippen LogP contribution in [0.2, 0.25) is 0 Å². The van der Waals surface area contributed by atoms with Gasteiger partial charge < -0.3 is 19.9 Å². The zero-order valence-corrected chi connectivity index (χ0v) is 18.0. The van der Waals surface area contributed by atoms with Gasteiger partial charge >= 0.3 is 6.18 Å². The zero-order chi connectivity index (χ0) is 21.9. The Balaban J connectivity index is 0.000000407. The maximum Gasteiger partial charge on any atom is 0.418 e. The second-order valence-electron chi connectivity index (χ2n) is 8.95. The molecule has 0 aliphatic carbocycles. The van der Waals surface area contributed by atoms with Crippen LogP contribution in [0.4, 0.5) is 24.5 Å². The number of nitrogens with zero attached hydrogens (tertiary/aromatic N) is 2. The summed E-state index contributed by atoms with van der Waals surface area (Å²) in [4.78, 5) is 16.3. The number of hydrogen-bond acceptors (Lipinski definition) is 4. The molecule has 1 amide bonds. The zero-order valence-electron chi connectivity index (χ0n) is 18.0. The quantitative estimate of drug-likeness (QED) is 0.750. The summed E-state index contributed by atoms with van der Waals surface area (Å²) >= 11 is 0. The van der Waals surface area contributed by atoms with Crippen LogP contribution in [0.15, 0.2) is 18.2 Å². The first-order valence-corrected chi connectivity index (χ1v) is 11.5. The van der Waals surface area contributed by atoms with Crippen molar-refractivity contribution in [3.63, 3.8) is 0 Å². The third kappa shape index (κ3) is 4.85. The molecular weight excluding hydrogens is 407 g/mol. The molecule has 0 bridgehead atoms. The molecule has 5 nitrogen and oxygen atoms in total. The van der Waals surface area contributed by atoms with Gasteiger partial charge in [0.15, 0.2) is 0 Å². The standard InChI is InChI=1S/C19H23F3N2O2.C4H9N/c20-19(21,22)15-13-14(23-8-1-2-9-23)3-4-16(15)24-10-5-18(17(24)25)6-11-26-12-7-18;1-2-4-5-3-1/h3-4,13H,1-2,5-12H2;5H,1-4H2. The van der Waals surface area contributed by atoms with E-state index in [1.54, 1.807) is 6.07 Å². The van der Waals surface area contributed by atoms with Crippen LogP contribution >= 0.6 is 0 Å². The smallest absolute Gasteiger partial charge is 0.381 e. The average molecular weight is 440 g/mol. The average Bonchev–Trinajstić information content (AvgIpc) is 3.54. The number of nitrogens with one attached hydrogen (secondary N) is 1. The van der Waals surface area contributed by atoms with Crippen LogP contribution in [0.25, 0.3) is 0 Å². The molecule has 5 rings (SSSR count). The van der Waals surface area contributed by atoms with Crippen molar-refractivity contribution in [1.29, 1.82) is 0 Å². The summed E-state index contributed by atoms with van der Waals surface area (Å²) < 4.78 is 46.6. The van der Waals surface area contributed by atoms with Gasteiger partial charge in [-0.3, -0.25) is 4.79 Å². The van der Waals surface area contributed by atoms with Gasteiger partial charge in [-0.25, -0.2) is 0 Å². The largest absolute Gasteiger partial charge is 0.418 e. The molecule has 0 atom stereocenters. The molecule has 0 radical (unpaired) electrons. The van der Waals surface area contributed by atoms with Gasteiger partial charge in [0.1, 0.15) is 0 Å². The monoisotopic (exact) mass is 439 g/mol. The Hall–Kier alpha value is -1.80. The Labute approximate surface area is 181 Å². The van der Waals surface area contributed by atoms with E-state index in [0.717, 1.165) is 25.9 Å². The highest BCUT2D eigenvalue weighted by Crippen LogP contribution is 2.46. The maximum atomic E-state index is 13.8. The molecule has 1 spiro atoms. The highest BCUT2D eigenvalue weighted by molar-refractivity contribution is 6.00. The fourth-order valence-corrected chi connectivity index (χ4v) is 5.06. The van der Waals surface area contributed by atoms with Crippen LogP contribution in [0.5, 0.6) is 0 Å². The molecule has 4 fully saturated rings. The summed E-state index contributed by atoms with van der Waals surface area (Å²) in [6.45, 7) is 5.40. The highest BCUT2D eigenvalue weighted by Gasteiger charge is 2.49. The first-order chi connectivity index (χ1) is 14.9. The number of anilines is 2. The van der Waals surface area contributed by atoms with Crippen LogP contribution in [-0.4, -0.2) is 51.8 Å². The van der Waals surface area contributed by atoms with Crippen molar-refractivity contribution in [1.82, 2.24) is 5.32 Å². The molecule has 4 aliphatic heterocycles. The predicted octanol–water partition coefficient (Wildman–Crippen LogP) is 4.21. The fourth-order valence-electron chi connectivity index (χ4n) is 5.06. The summed E-state index contributed by atoms with van der Waals surface area (Å²) in [5.74, 6) is -0.180. The third-order valence-corrected chi connectivity index (χ3v) is 6.97. The number of carbonyl (C=O) groups excluding carboxylic acids is 1. The summed E-state index contributed by atoms with van der Waals surface area (Å²) in [7, 11) is 0. The van der Waals surface area contributed by atoms with Gasteiger partial charge in [0.05, 0.1) is 16.7 Å². The molecule has 172 valence electrons. The normalized spacial score (nSPS) is 23.4. The number of ether oxygens (including phenoxy) is 1. The number of amides is 1.